The molecule has 1 fully saturated rings. The van der Waals surface area contributed by atoms with Gasteiger partial charge in [0.2, 0.25) is 5.91 Å². The van der Waals surface area contributed by atoms with Gasteiger partial charge in [-0.1, -0.05) is 36.4 Å². The standard InChI is InChI=1S/C26H29N5O4/c32-22-9-4-5-15-31(22)23(24(33)20-7-2-1-3-8-20)26(35)30-16-10-21(11-17-30)25(34)28-12-6-14-29-18-13-27-19-29/h1-5,7-9,13,15,18-19,21,23H,6,10-12,14,16-17H2,(H,28,34). The van der Waals surface area contributed by atoms with E-state index in [4.69, 9.17) is 0 Å². The molecule has 9 nitrogen and oxygen atoms in total. The Labute approximate surface area is 203 Å². The van der Waals surface area contributed by atoms with Gasteiger partial charge in [0.05, 0.1) is 6.33 Å². The highest BCUT2D eigenvalue weighted by molar-refractivity contribution is 6.11. The maximum atomic E-state index is 13.5. The number of hydrogen-bond acceptors (Lipinski definition) is 5. The van der Waals surface area contributed by atoms with E-state index >= 15 is 0 Å². The molecule has 0 bridgehead atoms. The Kier molecular flexibility index (Phi) is 7.87. The van der Waals surface area contributed by atoms with Gasteiger partial charge in [-0.25, -0.2) is 4.98 Å². The fraction of sp³-hybridized carbons (Fsp3) is 0.346. The molecule has 1 atom stereocenters. The first-order valence-corrected chi connectivity index (χ1v) is 11.8. The SMILES string of the molecule is O=C(NCCCn1ccnc1)C1CCN(C(=O)C(C(=O)c2ccccc2)n2ccccc2=O)CC1. The zero-order chi connectivity index (χ0) is 24.6. The third-order valence-corrected chi connectivity index (χ3v) is 6.30. The minimum absolute atomic E-state index is 0.0149. The molecule has 0 radical (unpaired) electrons. The Morgan fingerprint density at radius 1 is 1.00 bits per heavy atom. The molecule has 1 unspecified atom stereocenters. The number of nitrogens with one attached hydrogen (secondary N) is 1. The van der Waals surface area contributed by atoms with Crippen molar-refractivity contribution in [2.24, 2.45) is 5.92 Å². The number of amides is 2. The molecule has 1 aliphatic rings. The second-order valence-electron chi connectivity index (χ2n) is 8.62. The fourth-order valence-corrected chi connectivity index (χ4v) is 4.34. The number of Topliss-reactive ketones (excluding diaryl/α,β-unsaturated/α-hetero) is 1. The Balaban J connectivity index is 1.37. The average molecular weight is 476 g/mol. The number of aryl methyl sites for hydroxylation is 1. The highest BCUT2D eigenvalue weighted by Crippen LogP contribution is 2.22. The van der Waals surface area contributed by atoms with Crippen molar-refractivity contribution in [3.05, 3.63) is 89.4 Å². The van der Waals surface area contributed by atoms with Gasteiger partial charge in [0, 0.05) is 62.3 Å². The molecule has 1 saturated heterocycles. The van der Waals surface area contributed by atoms with Crippen LogP contribution in [0.4, 0.5) is 0 Å². The lowest BCUT2D eigenvalue weighted by atomic mass is 9.94. The van der Waals surface area contributed by atoms with E-state index in [1.807, 2.05) is 10.8 Å². The predicted molar refractivity (Wildman–Crippen MR) is 130 cm³/mol. The van der Waals surface area contributed by atoms with Gasteiger partial charge in [-0.2, -0.15) is 0 Å². The van der Waals surface area contributed by atoms with Gasteiger partial charge in [-0.15, -0.1) is 0 Å². The van der Waals surface area contributed by atoms with Gasteiger partial charge in [0.15, 0.2) is 11.8 Å². The van der Waals surface area contributed by atoms with Crippen LogP contribution in [0.5, 0.6) is 0 Å². The summed E-state index contributed by atoms with van der Waals surface area (Å²) in [6, 6.07) is 11.8. The van der Waals surface area contributed by atoms with Gasteiger partial charge in [0.25, 0.3) is 11.5 Å². The molecule has 2 aromatic heterocycles. The number of rotatable bonds is 9. The molecule has 3 aromatic rings. The van der Waals surface area contributed by atoms with E-state index in [0.29, 0.717) is 38.0 Å². The number of carbonyl (C=O) groups excluding carboxylic acids is 3. The quantitative estimate of drug-likeness (QED) is 0.289. The third kappa shape index (κ3) is 5.92. The van der Waals surface area contributed by atoms with Crippen molar-refractivity contribution < 1.29 is 14.4 Å². The molecule has 35 heavy (non-hydrogen) atoms. The predicted octanol–water partition coefficient (Wildman–Crippen LogP) is 1.91. The lowest BCUT2D eigenvalue weighted by molar-refractivity contribution is -0.137. The first kappa shape index (κ1) is 24.1. The van der Waals surface area contributed by atoms with Crippen molar-refractivity contribution in [3.8, 4) is 0 Å². The van der Waals surface area contributed by atoms with Gasteiger partial charge >= 0.3 is 0 Å². The number of piperidine rings is 1. The van der Waals surface area contributed by atoms with E-state index < -0.39 is 23.3 Å². The smallest absolute Gasteiger partial charge is 0.253 e. The van der Waals surface area contributed by atoms with Crippen molar-refractivity contribution in [3.63, 3.8) is 0 Å². The van der Waals surface area contributed by atoms with Crippen LogP contribution >= 0.6 is 0 Å². The molecule has 0 spiro atoms. The Bertz CT molecular complexity index is 1200. The van der Waals surface area contributed by atoms with Crippen LogP contribution in [0.2, 0.25) is 0 Å². The summed E-state index contributed by atoms with van der Waals surface area (Å²) in [5.74, 6) is -1.05. The largest absolute Gasteiger partial charge is 0.356 e. The topological polar surface area (TPSA) is 106 Å². The summed E-state index contributed by atoms with van der Waals surface area (Å²) in [5, 5.41) is 2.98. The molecule has 9 heteroatoms. The average Bonchev–Trinajstić information content (AvgIpc) is 3.42. The van der Waals surface area contributed by atoms with E-state index in [2.05, 4.69) is 10.3 Å². The number of nitrogens with zero attached hydrogens (tertiary/aromatic N) is 4. The molecule has 1 aliphatic heterocycles. The number of hydrogen-bond donors (Lipinski definition) is 1. The fourth-order valence-electron chi connectivity index (χ4n) is 4.34. The van der Waals surface area contributed by atoms with Crippen LogP contribution < -0.4 is 10.9 Å². The summed E-state index contributed by atoms with van der Waals surface area (Å²) in [4.78, 5) is 57.5. The Morgan fingerprint density at radius 3 is 2.43 bits per heavy atom. The summed E-state index contributed by atoms with van der Waals surface area (Å²) < 4.78 is 3.15. The third-order valence-electron chi connectivity index (χ3n) is 6.30. The number of imidazole rings is 1. The lowest BCUT2D eigenvalue weighted by Gasteiger charge is -2.33. The molecule has 0 saturated carbocycles. The molecule has 182 valence electrons. The minimum atomic E-state index is -1.28. The Hall–Kier alpha value is -4.01. The molecule has 2 amide bonds. The second kappa shape index (κ2) is 11.4. The van der Waals surface area contributed by atoms with Gasteiger partial charge in [0.1, 0.15) is 0 Å². The van der Waals surface area contributed by atoms with Crippen LogP contribution in [0, 0.1) is 5.92 Å². The number of aromatic nitrogens is 3. The zero-order valence-corrected chi connectivity index (χ0v) is 19.5. The number of benzene rings is 1. The van der Waals surface area contributed by atoms with Crippen molar-refractivity contribution in [2.45, 2.75) is 31.8 Å². The molecule has 0 aliphatic carbocycles. The van der Waals surface area contributed by atoms with Gasteiger partial charge < -0.3 is 14.8 Å². The number of likely N-dealkylation sites (tertiary alicyclic amines) is 1. The monoisotopic (exact) mass is 475 g/mol. The van der Waals surface area contributed by atoms with E-state index in [0.717, 1.165) is 13.0 Å². The molecular weight excluding hydrogens is 446 g/mol. The zero-order valence-electron chi connectivity index (χ0n) is 19.5. The lowest BCUT2D eigenvalue weighted by Crippen LogP contribution is -2.48. The Morgan fingerprint density at radius 2 is 1.74 bits per heavy atom. The second-order valence-corrected chi connectivity index (χ2v) is 8.62. The van der Waals surface area contributed by atoms with Crippen LogP contribution in [-0.2, 0) is 16.1 Å². The maximum Gasteiger partial charge on any atom is 0.253 e. The van der Waals surface area contributed by atoms with Crippen LogP contribution in [0.1, 0.15) is 35.7 Å². The summed E-state index contributed by atoms with van der Waals surface area (Å²) in [5.41, 5.74) is -0.0494. The van der Waals surface area contributed by atoms with Crippen LogP contribution in [0.25, 0.3) is 0 Å². The highest BCUT2D eigenvalue weighted by Gasteiger charge is 2.36. The molecular formula is C26H29N5O4. The van der Waals surface area contributed by atoms with Crippen LogP contribution in [0.3, 0.4) is 0 Å². The summed E-state index contributed by atoms with van der Waals surface area (Å²) in [7, 11) is 0. The number of carbonyl (C=O) groups is 3. The van der Waals surface area contributed by atoms with Crippen molar-refractivity contribution in [1.82, 2.24) is 24.3 Å². The van der Waals surface area contributed by atoms with E-state index in [9.17, 15) is 19.2 Å². The normalized spacial score (nSPS) is 14.9. The van der Waals surface area contributed by atoms with Gasteiger partial charge in [-0.05, 0) is 25.3 Å². The molecule has 1 aromatic carbocycles. The van der Waals surface area contributed by atoms with Crippen LogP contribution in [0.15, 0.2) is 78.2 Å². The van der Waals surface area contributed by atoms with Crippen molar-refractivity contribution in [2.75, 3.05) is 19.6 Å². The molecule has 4 rings (SSSR count). The number of ketones is 1. The van der Waals surface area contributed by atoms with E-state index in [-0.39, 0.29) is 11.8 Å². The van der Waals surface area contributed by atoms with Crippen LogP contribution in [-0.4, -0.2) is 56.2 Å². The number of pyridine rings is 1. The van der Waals surface area contributed by atoms with E-state index in [1.165, 1.54) is 16.8 Å². The first-order chi connectivity index (χ1) is 17.0. The molecule has 1 N–H and O–H groups in total. The summed E-state index contributed by atoms with van der Waals surface area (Å²) >= 11 is 0. The minimum Gasteiger partial charge on any atom is -0.356 e. The molecule has 3 heterocycles. The van der Waals surface area contributed by atoms with Gasteiger partial charge in [-0.3, -0.25) is 23.7 Å². The van der Waals surface area contributed by atoms with Crippen molar-refractivity contribution in [1.29, 1.82) is 0 Å². The maximum absolute atomic E-state index is 13.5. The van der Waals surface area contributed by atoms with Crippen molar-refractivity contribution >= 4 is 17.6 Å². The summed E-state index contributed by atoms with van der Waals surface area (Å²) in [6.07, 6.45) is 8.63. The summed E-state index contributed by atoms with van der Waals surface area (Å²) in [6.45, 7) is 2.06. The van der Waals surface area contributed by atoms with E-state index in [1.54, 1.807) is 59.9 Å². The first-order valence-electron chi connectivity index (χ1n) is 11.8. The highest BCUT2D eigenvalue weighted by atomic mass is 16.2.